The first-order chi connectivity index (χ1) is 24.1. The van der Waals surface area contributed by atoms with E-state index in [-0.39, 0.29) is 6.61 Å². The molecule has 23 nitrogen and oxygen atoms in total. The molecule has 0 saturated carbocycles. The maximum absolute atomic E-state index is 10.9. The third-order valence-corrected chi connectivity index (χ3v) is 9.53. The number of aliphatic hydroxyl groups is 14. The lowest BCUT2D eigenvalue weighted by Crippen LogP contribution is -2.66. The second-order valence-electron chi connectivity index (χ2n) is 13.0. The van der Waals surface area contributed by atoms with Crippen molar-refractivity contribution in [3.8, 4) is 0 Å². The standard InChI is InChI=1S/C28H48O23/c1-6-22(15(35)20(40)26(45-6)48-9-4-43-24(42)17(37)12(9)32)50-25-18(38)13(33)10(5-44-25)49-27-21(41)16(36)23(8(3-30)47-27)51-28-19(39)14(34)11(31)7(2-29)46-28/h6-42H,2-5H2,1H3/t6-,7+,8-,9+,10+,11+,12+,13-,14+,15-,16-,17+,18-,19-,20+,21-,22-,23-,24+,25-,26+,27+,28-/m0/s1. The molecule has 5 heterocycles. The fraction of sp³-hybridized carbons (Fsp3) is 1.00. The maximum atomic E-state index is 10.9. The van der Waals surface area contributed by atoms with Crippen LogP contribution in [0.25, 0.3) is 0 Å². The molecule has 5 fully saturated rings. The molecule has 0 radical (unpaired) electrons. The summed E-state index contributed by atoms with van der Waals surface area (Å²) < 4.78 is 49.0. The van der Waals surface area contributed by atoms with Crippen molar-refractivity contribution in [2.75, 3.05) is 26.4 Å². The summed E-state index contributed by atoms with van der Waals surface area (Å²) in [6.07, 6.45) is -37.7. The summed E-state index contributed by atoms with van der Waals surface area (Å²) in [5.41, 5.74) is 0. The van der Waals surface area contributed by atoms with Gasteiger partial charge in [-0.1, -0.05) is 0 Å². The molecular weight excluding hydrogens is 704 g/mol. The topological polar surface area (TPSA) is 366 Å². The van der Waals surface area contributed by atoms with Gasteiger partial charge < -0.3 is 114 Å². The van der Waals surface area contributed by atoms with Gasteiger partial charge in [-0.2, -0.15) is 0 Å². The SMILES string of the molecule is C[C@@H]1O[C@H](O[C@@H]2CO[C@@H](O)[C@H](O)[C@@H]2O)[C@H](O)[C@H](O)[C@H]1O[C@@H]1OC[C@@H](O[C@H]2O[C@@H](CO)[C@H](O[C@@H]3O[C@H](CO)[C@@H](O)[C@@H](O)[C@@H]3O)[C@@H](O)[C@@H]2O)[C@H](O)[C@@H]1O. The number of hydrogen-bond donors (Lipinski definition) is 14. The Morgan fingerprint density at radius 1 is 0.431 bits per heavy atom. The van der Waals surface area contributed by atoms with Crippen molar-refractivity contribution in [2.45, 2.75) is 148 Å². The molecule has 0 aliphatic carbocycles. The van der Waals surface area contributed by atoms with Crippen LogP contribution in [-0.4, -0.2) is 239 Å². The number of rotatable bonds is 10. The molecule has 5 saturated heterocycles. The van der Waals surface area contributed by atoms with E-state index in [1.807, 2.05) is 0 Å². The monoisotopic (exact) mass is 752 g/mol. The second-order valence-corrected chi connectivity index (χ2v) is 13.0. The van der Waals surface area contributed by atoms with Crippen molar-refractivity contribution >= 4 is 0 Å². The summed E-state index contributed by atoms with van der Waals surface area (Å²) in [4.78, 5) is 0. The van der Waals surface area contributed by atoms with Gasteiger partial charge >= 0.3 is 0 Å². The molecule has 0 aromatic heterocycles. The van der Waals surface area contributed by atoms with E-state index >= 15 is 0 Å². The van der Waals surface area contributed by atoms with E-state index in [0.717, 1.165) is 0 Å². The lowest BCUT2D eigenvalue weighted by atomic mass is 9.96. The average molecular weight is 753 g/mol. The van der Waals surface area contributed by atoms with Crippen LogP contribution in [-0.2, 0) is 42.6 Å². The Bertz CT molecular complexity index is 1090. The molecule has 23 atom stereocenters. The van der Waals surface area contributed by atoms with Crippen LogP contribution in [0.2, 0.25) is 0 Å². The zero-order valence-corrected chi connectivity index (χ0v) is 27.0. The predicted molar refractivity (Wildman–Crippen MR) is 153 cm³/mol. The molecule has 0 spiro atoms. The van der Waals surface area contributed by atoms with Gasteiger partial charge in [-0.15, -0.1) is 0 Å². The Morgan fingerprint density at radius 3 is 1.49 bits per heavy atom. The average Bonchev–Trinajstić information content (AvgIpc) is 3.11. The van der Waals surface area contributed by atoms with E-state index in [4.69, 9.17) is 42.6 Å². The first-order valence-electron chi connectivity index (χ1n) is 16.3. The first-order valence-corrected chi connectivity index (χ1v) is 16.3. The highest BCUT2D eigenvalue weighted by molar-refractivity contribution is 4.96. The molecule has 14 N–H and O–H groups in total. The van der Waals surface area contributed by atoms with Crippen molar-refractivity contribution in [1.82, 2.24) is 0 Å². The van der Waals surface area contributed by atoms with Crippen LogP contribution >= 0.6 is 0 Å². The molecular formula is C28H48O23. The summed E-state index contributed by atoms with van der Waals surface area (Å²) in [6.45, 7) is -1.11. The van der Waals surface area contributed by atoms with Gasteiger partial charge in [-0.3, -0.25) is 0 Å². The molecule has 51 heavy (non-hydrogen) atoms. The normalized spacial score (nSPS) is 54.3. The van der Waals surface area contributed by atoms with E-state index in [1.165, 1.54) is 6.92 Å². The lowest BCUT2D eigenvalue weighted by Gasteiger charge is -2.47. The molecule has 0 amide bonds. The van der Waals surface area contributed by atoms with Crippen LogP contribution in [0, 0.1) is 0 Å². The summed E-state index contributed by atoms with van der Waals surface area (Å²) in [7, 11) is 0. The lowest BCUT2D eigenvalue weighted by molar-refractivity contribution is -0.380. The van der Waals surface area contributed by atoms with Gasteiger partial charge in [0.15, 0.2) is 31.5 Å². The van der Waals surface area contributed by atoms with Crippen molar-refractivity contribution < 1.29 is 114 Å². The molecule has 298 valence electrons. The molecule has 0 bridgehead atoms. The minimum atomic E-state index is -1.94. The largest absolute Gasteiger partial charge is 0.394 e. The van der Waals surface area contributed by atoms with Crippen LogP contribution < -0.4 is 0 Å². The second kappa shape index (κ2) is 17.3. The van der Waals surface area contributed by atoms with E-state index in [9.17, 15) is 71.5 Å². The van der Waals surface area contributed by atoms with Crippen molar-refractivity contribution in [3.05, 3.63) is 0 Å². The van der Waals surface area contributed by atoms with E-state index < -0.39 is 161 Å². The minimum absolute atomic E-state index is 0.376. The molecule has 0 aromatic rings. The molecule has 23 heteroatoms. The van der Waals surface area contributed by atoms with Gasteiger partial charge in [0.2, 0.25) is 0 Å². The number of aliphatic hydroxyl groups excluding tert-OH is 14. The molecule has 5 aliphatic rings. The first kappa shape index (κ1) is 41.2. The van der Waals surface area contributed by atoms with Crippen LogP contribution in [0.3, 0.4) is 0 Å². The molecule has 0 aromatic carbocycles. The van der Waals surface area contributed by atoms with Gasteiger partial charge in [-0.25, -0.2) is 0 Å². The van der Waals surface area contributed by atoms with Crippen molar-refractivity contribution in [2.24, 2.45) is 0 Å². The van der Waals surface area contributed by atoms with Crippen LogP contribution in [0.1, 0.15) is 6.92 Å². The third-order valence-electron chi connectivity index (χ3n) is 9.53. The number of ether oxygens (including phenoxy) is 9. The molecule has 5 aliphatic heterocycles. The Morgan fingerprint density at radius 2 is 0.882 bits per heavy atom. The van der Waals surface area contributed by atoms with Crippen molar-refractivity contribution in [3.63, 3.8) is 0 Å². The van der Waals surface area contributed by atoms with Gasteiger partial charge in [0, 0.05) is 0 Å². The molecule has 5 rings (SSSR count). The van der Waals surface area contributed by atoms with Crippen molar-refractivity contribution in [1.29, 1.82) is 0 Å². The maximum Gasteiger partial charge on any atom is 0.187 e. The summed E-state index contributed by atoms with van der Waals surface area (Å²) in [6, 6.07) is 0. The van der Waals surface area contributed by atoms with E-state index in [1.54, 1.807) is 0 Å². The summed E-state index contributed by atoms with van der Waals surface area (Å²) in [5.74, 6) is 0. The highest BCUT2D eigenvalue weighted by Crippen LogP contribution is 2.33. The van der Waals surface area contributed by atoms with Gasteiger partial charge in [-0.05, 0) is 6.92 Å². The highest BCUT2D eigenvalue weighted by atomic mass is 16.8. The predicted octanol–water partition coefficient (Wildman–Crippen LogP) is -9.62. The summed E-state index contributed by atoms with van der Waals surface area (Å²) in [5, 5.41) is 144. The van der Waals surface area contributed by atoms with Crippen LogP contribution in [0.15, 0.2) is 0 Å². The smallest absolute Gasteiger partial charge is 0.187 e. The Labute approximate surface area is 289 Å². The Kier molecular flexibility index (Phi) is 14.0. The van der Waals surface area contributed by atoms with E-state index in [0.29, 0.717) is 0 Å². The zero-order chi connectivity index (χ0) is 37.5. The summed E-state index contributed by atoms with van der Waals surface area (Å²) >= 11 is 0. The zero-order valence-electron chi connectivity index (χ0n) is 27.0. The van der Waals surface area contributed by atoms with Crippen LogP contribution in [0.5, 0.6) is 0 Å². The fourth-order valence-electron chi connectivity index (χ4n) is 6.38. The molecule has 0 unspecified atom stereocenters. The van der Waals surface area contributed by atoms with Gasteiger partial charge in [0.1, 0.15) is 104 Å². The number of hydrogen-bond acceptors (Lipinski definition) is 23. The minimum Gasteiger partial charge on any atom is -0.394 e. The third kappa shape index (κ3) is 8.51. The fourth-order valence-corrected chi connectivity index (χ4v) is 6.38. The van der Waals surface area contributed by atoms with E-state index in [2.05, 4.69) is 0 Å². The van der Waals surface area contributed by atoms with Gasteiger partial charge in [0.25, 0.3) is 0 Å². The van der Waals surface area contributed by atoms with Crippen LogP contribution in [0.4, 0.5) is 0 Å². The Balaban J connectivity index is 1.15. The highest BCUT2D eigenvalue weighted by Gasteiger charge is 2.54. The van der Waals surface area contributed by atoms with Gasteiger partial charge in [0.05, 0.1) is 32.5 Å². The quantitative estimate of drug-likeness (QED) is 0.0985. The Hall–Kier alpha value is -0.920.